The molecule has 0 aliphatic carbocycles. The van der Waals surface area contributed by atoms with Gasteiger partial charge >= 0.3 is 6.61 Å². The van der Waals surface area contributed by atoms with Crippen LogP contribution in [0.1, 0.15) is 31.7 Å². The standard InChI is InChI=1S/C20H30F2N6OS/c1-14(2)13-28-17(26-27-20(28)30-4)10-7-11-24-19(23-3)25-12-15-8-5-6-9-16(15)29-18(21)22/h5-6,8-9,14,18H,7,10-13H2,1-4H3,(H2,23,24,25). The molecular weight excluding hydrogens is 410 g/mol. The highest BCUT2D eigenvalue weighted by Crippen LogP contribution is 2.20. The highest BCUT2D eigenvalue weighted by Gasteiger charge is 2.13. The highest BCUT2D eigenvalue weighted by molar-refractivity contribution is 7.98. The Bertz CT molecular complexity index is 812. The quantitative estimate of drug-likeness (QED) is 0.241. The summed E-state index contributed by atoms with van der Waals surface area (Å²) in [6.07, 6.45) is 3.66. The summed E-state index contributed by atoms with van der Waals surface area (Å²) in [6.45, 7) is 3.41. The van der Waals surface area contributed by atoms with E-state index in [2.05, 4.69) is 49.0 Å². The predicted molar refractivity (Wildman–Crippen MR) is 116 cm³/mol. The van der Waals surface area contributed by atoms with Gasteiger partial charge in [-0.3, -0.25) is 4.99 Å². The molecule has 0 aliphatic rings. The summed E-state index contributed by atoms with van der Waals surface area (Å²) < 4.78 is 31.8. The first-order valence-electron chi connectivity index (χ1n) is 9.87. The number of aryl methyl sites for hydroxylation is 1. The van der Waals surface area contributed by atoms with Crippen LogP contribution in [0.3, 0.4) is 0 Å². The third-order valence-electron chi connectivity index (χ3n) is 4.25. The van der Waals surface area contributed by atoms with Crippen molar-refractivity contribution in [2.45, 2.75) is 51.5 Å². The summed E-state index contributed by atoms with van der Waals surface area (Å²) in [5, 5.41) is 15.9. The minimum Gasteiger partial charge on any atom is -0.434 e. The summed E-state index contributed by atoms with van der Waals surface area (Å²) >= 11 is 1.60. The van der Waals surface area contributed by atoms with Gasteiger partial charge in [-0.1, -0.05) is 43.8 Å². The molecule has 2 aromatic rings. The van der Waals surface area contributed by atoms with Gasteiger partial charge in [0.15, 0.2) is 11.1 Å². The van der Waals surface area contributed by atoms with E-state index in [-0.39, 0.29) is 5.75 Å². The van der Waals surface area contributed by atoms with Crippen molar-refractivity contribution in [3.05, 3.63) is 35.7 Å². The average molecular weight is 441 g/mol. The molecule has 0 saturated carbocycles. The number of hydrogen-bond donors (Lipinski definition) is 2. The Morgan fingerprint density at radius 2 is 2.00 bits per heavy atom. The molecule has 0 saturated heterocycles. The van der Waals surface area contributed by atoms with Crippen LogP contribution in [-0.2, 0) is 19.5 Å². The monoisotopic (exact) mass is 440 g/mol. The van der Waals surface area contributed by atoms with E-state index in [1.807, 2.05) is 6.26 Å². The molecule has 166 valence electrons. The second kappa shape index (κ2) is 12.4. The largest absolute Gasteiger partial charge is 0.434 e. The zero-order chi connectivity index (χ0) is 21.9. The fourth-order valence-electron chi connectivity index (χ4n) is 2.92. The first kappa shape index (κ1) is 23.9. The van der Waals surface area contributed by atoms with Gasteiger partial charge in [0.2, 0.25) is 0 Å². The van der Waals surface area contributed by atoms with E-state index in [4.69, 9.17) is 0 Å². The van der Waals surface area contributed by atoms with Gasteiger partial charge in [0.1, 0.15) is 11.6 Å². The Balaban J connectivity index is 1.83. The van der Waals surface area contributed by atoms with E-state index in [0.29, 0.717) is 30.5 Å². The summed E-state index contributed by atoms with van der Waals surface area (Å²) in [5.41, 5.74) is 0.632. The number of aromatic nitrogens is 3. The Hall–Kier alpha value is -2.36. The maximum absolute atomic E-state index is 12.5. The minimum absolute atomic E-state index is 0.157. The Morgan fingerprint density at radius 1 is 1.23 bits per heavy atom. The number of guanidine groups is 1. The van der Waals surface area contributed by atoms with E-state index in [0.717, 1.165) is 30.4 Å². The molecule has 0 fully saturated rings. The van der Waals surface area contributed by atoms with Crippen molar-refractivity contribution in [1.29, 1.82) is 0 Å². The van der Waals surface area contributed by atoms with Crippen LogP contribution in [0.2, 0.25) is 0 Å². The van der Waals surface area contributed by atoms with E-state index in [9.17, 15) is 8.78 Å². The summed E-state index contributed by atoms with van der Waals surface area (Å²) in [4.78, 5) is 4.18. The molecule has 2 rings (SSSR count). The summed E-state index contributed by atoms with van der Waals surface area (Å²) in [5.74, 6) is 2.25. The Kier molecular flexibility index (Phi) is 9.85. The van der Waals surface area contributed by atoms with E-state index in [1.54, 1.807) is 37.0 Å². The zero-order valence-corrected chi connectivity index (χ0v) is 18.7. The zero-order valence-electron chi connectivity index (χ0n) is 17.9. The van der Waals surface area contributed by atoms with E-state index in [1.165, 1.54) is 6.07 Å². The van der Waals surface area contributed by atoms with Gasteiger partial charge in [0, 0.05) is 38.7 Å². The summed E-state index contributed by atoms with van der Waals surface area (Å²) in [6, 6.07) is 6.70. The van der Waals surface area contributed by atoms with Crippen molar-refractivity contribution in [2.75, 3.05) is 19.8 Å². The van der Waals surface area contributed by atoms with Gasteiger partial charge in [-0.2, -0.15) is 8.78 Å². The van der Waals surface area contributed by atoms with E-state index < -0.39 is 6.61 Å². The molecule has 1 heterocycles. The van der Waals surface area contributed by atoms with Crippen LogP contribution < -0.4 is 15.4 Å². The van der Waals surface area contributed by atoms with Crippen molar-refractivity contribution < 1.29 is 13.5 Å². The van der Waals surface area contributed by atoms with Crippen molar-refractivity contribution in [3.8, 4) is 5.75 Å². The number of halogens is 2. The number of rotatable bonds is 11. The molecule has 0 bridgehead atoms. The molecular formula is C20H30F2N6OS. The number of aliphatic imine (C=N–C) groups is 1. The Morgan fingerprint density at radius 3 is 2.67 bits per heavy atom. The second-order valence-corrected chi connectivity index (χ2v) is 7.82. The van der Waals surface area contributed by atoms with Gasteiger partial charge in [-0.05, 0) is 24.7 Å². The average Bonchev–Trinajstić information content (AvgIpc) is 3.09. The Labute approximate surface area is 180 Å². The topological polar surface area (TPSA) is 76.4 Å². The first-order chi connectivity index (χ1) is 14.4. The van der Waals surface area contributed by atoms with Crippen LogP contribution in [0.4, 0.5) is 8.78 Å². The number of nitrogens with one attached hydrogen (secondary N) is 2. The SMILES string of the molecule is CN=C(NCCCc1nnc(SC)n1CC(C)C)NCc1ccccc1OC(F)F. The third-order valence-corrected chi connectivity index (χ3v) is 4.92. The molecule has 1 aromatic carbocycles. The number of nitrogens with zero attached hydrogens (tertiary/aromatic N) is 4. The van der Waals surface area contributed by atoms with Gasteiger partial charge < -0.3 is 19.9 Å². The fourth-order valence-corrected chi connectivity index (χ4v) is 3.44. The normalized spacial score (nSPS) is 11.9. The van der Waals surface area contributed by atoms with Gasteiger partial charge in [0.25, 0.3) is 0 Å². The minimum atomic E-state index is -2.85. The molecule has 7 nitrogen and oxygen atoms in total. The van der Waals surface area contributed by atoms with Crippen LogP contribution in [0.5, 0.6) is 5.75 Å². The maximum Gasteiger partial charge on any atom is 0.387 e. The lowest BCUT2D eigenvalue weighted by Crippen LogP contribution is -2.37. The lowest BCUT2D eigenvalue weighted by atomic mass is 10.2. The molecule has 0 spiro atoms. The van der Waals surface area contributed by atoms with Crippen molar-refractivity contribution in [3.63, 3.8) is 0 Å². The number of thioether (sulfide) groups is 1. The van der Waals surface area contributed by atoms with Crippen molar-refractivity contribution in [1.82, 2.24) is 25.4 Å². The molecule has 0 atom stereocenters. The van der Waals surface area contributed by atoms with Crippen molar-refractivity contribution >= 4 is 17.7 Å². The number of benzene rings is 1. The van der Waals surface area contributed by atoms with Crippen molar-refractivity contribution in [2.24, 2.45) is 10.9 Å². The van der Waals surface area contributed by atoms with Gasteiger partial charge in [-0.25, -0.2) is 0 Å². The molecule has 1 aromatic heterocycles. The van der Waals surface area contributed by atoms with Crippen LogP contribution in [0.15, 0.2) is 34.4 Å². The van der Waals surface area contributed by atoms with E-state index >= 15 is 0 Å². The number of ether oxygens (including phenoxy) is 1. The summed E-state index contributed by atoms with van der Waals surface area (Å²) in [7, 11) is 1.67. The first-order valence-corrected chi connectivity index (χ1v) is 11.1. The molecule has 0 radical (unpaired) electrons. The predicted octanol–water partition coefficient (Wildman–Crippen LogP) is 3.56. The second-order valence-electron chi connectivity index (χ2n) is 7.05. The number of alkyl halides is 2. The number of para-hydroxylation sites is 1. The third kappa shape index (κ3) is 7.47. The van der Waals surface area contributed by atoms with Crippen LogP contribution in [-0.4, -0.2) is 47.2 Å². The number of hydrogen-bond acceptors (Lipinski definition) is 5. The van der Waals surface area contributed by atoms with Gasteiger partial charge in [0.05, 0.1) is 0 Å². The molecule has 0 aliphatic heterocycles. The smallest absolute Gasteiger partial charge is 0.387 e. The molecule has 0 amide bonds. The fraction of sp³-hybridized carbons (Fsp3) is 0.550. The van der Waals surface area contributed by atoms with Gasteiger partial charge in [-0.15, -0.1) is 10.2 Å². The molecule has 2 N–H and O–H groups in total. The highest BCUT2D eigenvalue weighted by atomic mass is 32.2. The van der Waals surface area contributed by atoms with Crippen LogP contribution in [0, 0.1) is 5.92 Å². The molecule has 10 heteroatoms. The lowest BCUT2D eigenvalue weighted by molar-refractivity contribution is -0.0504. The molecule has 0 unspecified atom stereocenters. The maximum atomic E-state index is 12.5. The van der Waals surface area contributed by atoms with Crippen LogP contribution in [0.25, 0.3) is 0 Å². The molecule has 30 heavy (non-hydrogen) atoms. The lowest BCUT2D eigenvalue weighted by Gasteiger charge is -2.15. The van der Waals surface area contributed by atoms with Crippen LogP contribution >= 0.6 is 11.8 Å².